The van der Waals surface area contributed by atoms with E-state index in [4.69, 9.17) is 9.47 Å². The quantitative estimate of drug-likeness (QED) is 0.290. The third-order valence-electron chi connectivity index (χ3n) is 3.11. The van der Waals surface area contributed by atoms with Crippen LogP contribution in [0.15, 0.2) is 24.3 Å². The van der Waals surface area contributed by atoms with Gasteiger partial charge in [0.05, 0.1) is 6.10 Å². The molecule has 0 aromatic heterocycles. The van der Waals surface area contributed by atoms with E-state index in [1.165, 1.54) is 25.3 Å². The summed E-state index contributed by atoms with van der Waals surface area (Å²) >= 11 is 0. The topological polar surface area (TPSA) is 35.5 Å². The zero-order chi connectivity index (χ0) is 14.1. The molecule has 0 aromatic rings. The average molecular weight is 266 g/mol. The van der Waals surface area contributed by atoms with Crippen molar-refractivity contribution in [3.63, 3.8) is 0 Å². The standard InChI is InChI=1S/C16H26O3/c1-4-5-6-7-8-9-11-14-15(12-10-13-17)19-16(2,3)18-14/h8-10,12-15H,4-7,11H2,1-3H3/b9-8-,12-10+/t14-,15-/m1/s1. The molecule has 19 heavy (non-hydrogen) atoms. The highest BCUT2D eigenvalue weighted by Crippen LogP contribution is 2.30. The smallest absolute Gasteiger partial charge is 0.164 e. The summed E-state index contributed by atoms with van der Waals surface area (Å²) in [6, 6.07) is 0. The zero-order valence-corrected chi connectivity index (χ0v) is 12.3. The lowest BCUT2D eigenvalue weighted by atomic mass is 10.1. The van der Waals surface area contributed by atoms with Crippen molar-refractivity contribution < 1.29 is 14.3 Å². The van der Waals surface area contributed by atoms with E-state index < -0.39 is 5.79 Å². The summed E-state index contributed by atoms with van der Waals surface area (Å²) in [7, 11) is 0. The van der Waals surface area contributed by atoms with Gasteiger partial charge in [0.1, 0.15) is 12.4 Å². The highest BCUT2D eigenvalue weighted by molar-refractivity contribution is 5.64. The number of aldehydes is 1. The van der Waals surface area contributed by atoms with E-state index in [1.54, 1.807) is 6.08 Å². The minimum Gasteiger partial charge on any atom is -0.344 e. The second kappa shape index (κ2) is 8.28. The van der Waals surface area contributed by atoms with Gasteiger partial charge in [-0.05, 0) is 45.3 Å². The number of hydrogen-bond acceptors (Lipinski definition) is 3. The Morgan fingerprint density at radius 3 is 2.63 bits per heavy atom. The molecular formula is C16H26O3. The maximum absolute atomic E-state index is 10.4. The summed E-state index contributed by atoms with van der Waals surface area (Å²) in [6.45, 7) is 6.01. The van der Waals surface area contributed by atoms with Crippen molar-refractivity contribution in [1.29, 1.82) is 0 Å². The van der Waals surface area contributed by atoms with Gasteiger partial charge < -0.3 is 9.47 Å². The second-order valence-corrected chi connectivity index (χ2v) is 5.36. The van der Waals surface area contributed by atoms with Crippen molar-refractivity contribution in [2.45, 2.75) is 70.9 Å². The van der Waals surface area contributed by atoms with Crippen molar-refractivity contribution in [3.8, 4) is 0 Å². The van der Waals surface area contributed by atoms with Crippen molar-refractivity contribution in [3.05, 3.63) is 24.3 Å². The Bertz CT molecular complexity index is 318. The van der Waals surface area contributed by atoms with Gasteiger partial charge in [-0.1, -0.05) is 31.9 Å². The largest absolute Gasteiger partial charge is 0.344 e. The summed E-state index contributed by atoms with van der Waals surface area (Å²) in [5.41, 5.74) is 0. The number of hydrogen-bond donors (Lipinski definition) is 0. The van der Waals surface area contributed by atoms with Gasteiger partial charge in [0.2, 0.25) is 0 Å². The molecule has 0 aromatic carbocycles. The van der Waals surface area contributed by atoms with Crippen molar-refractivity contribution in [2.75, 3.05) is 0 Å². The number of rotatable bonds is 8. The highest BCUT2D eigenvalue weighted by Gasteiger charge is 2.38. The number of allylic oxidation sites excluding steroid dienone is 2. The lowest BCUT2D eigenvalue weighted by molar-refractivity contribution is -0.142. The molecule has 1 heterocycles. The molecule has 2 atom stereocenters. The van der Waals surface area contributed by atoms with Crippen LogP contribution in [0.25, 0.3) is 0 Å². The molecule has 3 heteroatoms. The van der Waals surface area contributed by atoms with Gasteiger partial charge in [0, 0.05) is 0 Å². The minimum atomic E-state index is -0.571. The molecule has 0 spiro atoms. The van der Waals surface area contributed by atoms with Crippen LogP contribution in [0.4, 0.5) is 0 Å². The van der Waals surface area contributed by atoms with Crippen LogP contribution in [0.2, 0.25) is 0 Å². The van der Waals surface area contributed by atoms with Crippen molar-refractivity contribution >= 4 is 6.29 Å². The molecule has 3 nitrogen and oxygen atoms in total. The molecule has 0 amide bonds. The summed E-state index contributed by atoms with van der Waals surface area (Å²) in [5, 5.41) is 0. The molecule has 1 aliphatic rings. The summed E-state index contributed by atoms with van der Waals surface area (Å²) in [5.74, 6) is -0.571. The van der Waals surface area contributed by atoms with Crippen LogP contribution in [0.5, 0.6) is 0 Å². The zero-order valence-electron chi connectivity index (χ0n) is 12.3. The maximum atomic E-state index is 10.4. The molecule has 1 saturated heterocycles. The van der Waals surface area contributed by atoms with Crippen LogP contribution in [-0.4, -0.2) is 24.3 Å². The lowest BCUT2D eigenvalue weighted by Crippen LogP contribution is -2.21. The van der Waals surface area contributed by atoms with E-state index >= 15 is 0 Å². The first-order chi connectivity index (χ1) is 9.09. The van der Waals surface area contributed by atoms with E-state index in [9.17, 15) is 4.79 Å². The normalized spacial score (nSPS) is 26.5. The number of ether oxygens (including phenoxy) is 2. The summed E-state index contributed by atoms with van der Waals surface area (Å²) in [6.07, 6.45) is 14.0. The van der Waals surface area contributed by atoms with E-state index in [0.29, 0.717) is 0 Å². The molecule has 0 N–H and O–H groups in total. The predicted octanol–water partition coefficient (Wildman–Crippen LogP) is 3.79. The third-order valence-corrected chi connectivity index (χ3v) is 3.11. The van der Waals surface area contributed by atoms with Crippen LogP contribution in [0.3, 0.4) is 0 Å². The average Bonchev–Trinajstić information content (AvgIpc) is 2.66. The van der Waals surface area contributed by atoms with Crippen molar-refractivity contribution in [2.24, 2.45) is 0 Å². The van der Waals surface area contributed by atoms with E-state index in [2.05, 4.69) is 19.1 Å². The Hall–Kier alpha value is -0.930. The predicted molar refractivity (Wildman–Crippen MR) is 76.9 cm³/mol. The van der Waals surface area contributed by atoms with Gasteiger partial charge in [0.15, 0.2) is 5.79 Å². The fraction of sp³-hybridized carbons (Fsp3) is 0.688. The van der Waals surface area contributed by atoms with Gasteiger partial charge in [-0.15, -0.1) is 0 Å². The minimum absolute atomic E-state index is 0.00590. The van der Waals surface area contributed by atoms with Crippen LogP contribution in [0, 0.1) is 0 Å². The molecule has 0 aliphatic carbocycles. The first-order valence-electron chi connectivity index (χ1n) is 7.21. The van der Waals surface area contributed by atoms with Crippen LogP contribution < -0.4 is 0 Å². The number of unbranched alkanes of at least 4 members (excludes halogenated alkanes) is 3. The molecular weight excluding hydrogens is 240 g/mol. The third kappa shape index (κ3) is 6.17. The van der Waals surface area contributed by atoms with E-state index in [0.717, 1.165) is 19.1 Å². The first-order valence-corrected chi connectivity index (χ1v) is 7.21. The van der Waals surface area contributed by atoms with Crippen LogP contribution in [0.1, 0.15) is 52.9 Å². The fourth-order valence-corrected chi connectivity index (χ4v) is 2.22. The molecule has 1 aliphatic heterocycles. The SMILES string of the molecule is CCCCC/C=C\C[C@H]1OC(C)(C)O[C@@H]1/C=C/C=O. The van der Waals surface area contributed by atoms with Crippen molar-refractivity contribution in [1.82, 2.24) is 0 Å². The van der Waals surface area contributed by atoms with Gasteiger partial charge in [-0.2, -0.15) is 0 Å². The first kappa shape index (κ1) is 16.1. The Labute approximate surface area is 116 Å². The molecule has 0 unspecified atom stereocenters. The van der Waals surface area contributed by atoms with Gasteiger partial charge in [-0.25, -0.2) is 0 Å². The second-order valence-electron chi connectivity index (χ2n) is 5.36. The maximum Gasteiger partial charge on any atom is 0.164 e. The lowest BCUT2D eigenvalue weighted by Gasteiger charge is -2.16. The van der Waals surface area contributed by atoms with Gasteiger partial charge in [0.25, 0.3) is 0 Å². The Balaban J connectivity index is 2.41. The Morgan fingerprint density at radius 2 is 1.95 bits per heavy atom. The van der Waals surface area contributed by atoms with Crippen LogP contribution in [-0.2, 0) is 14.3 Å². The molecule has 108 valence electrons. The molecule has 1 fully saturated rings. The molecule has 0 bridgehead atoms. The Morgan fingerprint density at radius 1 is 1.16 bits per heavy atom. The molecule has 0 radical (unpaired) electrons. The summed E-state index contributed by atoms with van der Waals surface area (Å²) < 4.78 is 11.6. The molecule has 0 saturated carbocycles. The monoisotopic (exact) mass is 266 g/mol. The van der Waals surface area contributed by atoms with Crippen LogP contribution >= 0.6 is 0 Å². The van der Waals surface area contributed by atoms with E-state index in [1.807, 2.05) is 13.8 Å². The number of carbonyl (C=O) groups is 1. The fourth-order valence-electron chi connectivity index (χ4n) is 2.22. The van der Waals surface area contributed by atoms with Gasteiger partial charge in [-0.3, -0.25) is 4.79 Å². The van der Waals surface area contributed by atoms with E-state index in [-0.39, 0.29) is 12.2 Å². The number of carbonyl (C=O) groups excluding carboxylic acids is 1. The Kier molecular flexibility index (Phi) is 7.03. The van der Waals surface area contributed by atoms with Gasteiger partial charge >= 0.3 is 0 Å². The summed E-state index contributed by atoms with van der Waals surface area (Å²) in [4.78, 5) is 10.4. The highest BCUT2D eigenvalue weighted by atomic mass is 16.7. The molecule has 1 rings (SSSR count).